The Hall–Kier alpha value is -0.160. The molecule has 0 aromatic rings. The van der Waals surface area contributed by atoms with Crippen molar-refractivity contribution in [3.8, 4) is 0 Å². The molecule has 1 atom stereocenters. The van der Waals surface area contributed by atoms with Gasteiger partial charge in [0.25, 0.3) is 0 Å². The van der Waals surface area contributed by atoms with Gasteiger partial charge < -0.3 is 10.1 Å². The molecule has 4 nitrogen and oxygen atoms in total. The Kier molecular flexibility index (Phi) is 6.57. The lowest BCUT2D eigenvalue weighted by Gasteiger charge is -2.42. The molecule has 1 saturated heterocycles. The number of rotatable bonds is 6. The van der Waals surface area contributed by atoms with Crippen molar-refractivity contribution >= 4 is 0 Å². The summed E-state index contributed by atoms with van der Waals surface area (Å²) in [7, 11) is 1.75. The fraction of sp³-hybridized carbons (Fsp3) is 1.00. The summed E-state index contributed by atoms with van der Waals surface area (Å²) in [6.45, 7) is 16.8. The summed E-state index contributed by atoms with van der Waals surface area (Å²) in [5, 5.41) is 3.49. The molecule has 108 valence electrons. The Bertz CT molecular complexity index is 220. The van der Waals surface area contributed by atoms with Crippen LogP contribution >= 0.6 is 0 Å². The summed E-state index contributed by atoms with van der Waals surface area (Å²) < 4.78 is 5.11. The first kappa shape index (κ1) is 15.9. The molecule has 1 rings (SSSR count). The largest absolute Gasteiger partial charge is 0.383 e. The monoisotopic (exact) mass is 257 g/mol. The molecular formula is C14H31N3O. The number of hydrogen-bond donors (Lipinski definition) is 1. The summed E-state index contributed by atoms with van der Waals surface area (Å²) >= 11 is 0. The fourth-order valence-corrected chi connectivity index (χ4v) is 2.42. The van der Waals surface area contributed by atoms with Gasteiger partial charge in [-0.2, -0.15) is 0 Å². The van der Waals surface area contributed by atoms with Crippen LogP contribution in [0.5, 0.6) is 0 Å². The summed E-state index contributed by atoms with van der Waals surface area (Å²) in [6, 6.07) is 0.450. The van der Waals surface area contributed by atoms with E-state index in [4.69, 9.17) is 4.74 Å². The maximum absolute atomic E-state index is 5.11. The van der Waals surface area contributed by atoms with Crippen LogP contribution in [0.1, 0.15) is 27.7 Å². The van der Waals surface area contributed by atoms with Gasteiger partial charge >= 0.3 is 0 Å². The lowest BCUT2D eigenvalue weighted by Crippen LogP contribution is -2.54. The van der Waals surface area contributed by atoms with Crippen LogP contribution in [0.4, 0.5) is 0 Å². The Morgan fingerprint density at radius 3 is 2.28 bits per heavy atom. The van der Waals surface area contributed by atoms with Gasteiger partial charge in [0.15, 0.2) is 0 Å². The van der Waals surface area contributed by atoms with Crippen LogP contribution in [0.3, 0.4) is 0 Å². The van der Waals surface area contributed by atoms with Gasteiger partial charge in [0.1, 0.15) is 0 Å². The lowest BCUT2D eigenvalue weighted by atomic mass is 10.1. The molecule has 0 aromatic carbocycles. The number of methoxy groups -OCH3 is 1. The van der Waals surface area contributed by atoms with E-state index >= 15 is 0 Å². The number of hydrogen-bond acceptors (Lipinski definition) is 4. The van der Waals surface area contributed by atoms with Gasteiger partial charge in [-0.15, -0.1) is 0 Å². The van der Waals surface area contributed by atoms with Crippen LogP contribution in [-0.2, 0) is 4.74 Å². The standard InChI is InChI=1S/C14H31N3O/c1-13(12-18-5)15-6-7-16-8-10-17(11-9-16)14(2,3)4/h13,15H,6-12H2,1-5H3. The summed E-state index contributed by atoms with van der Waals surface area (Å²) in [5.74, 6) is 0. The van der Waals surface area contributed by atoms with E-state index in [1.165, 1.54) is 26.2 Å². The molecule has 0 radical (unpaired) electrons. The van der Waals surface area contributed by atoms with Crippen molar-refractivity contribution in [1.29, 1.82) is 0 Å². The highest BCUT2D eigenvalue weighted by molar-refractivity contribution is 4.82. The van der Waals surface area contributed by atoms with Gasteiger partial charge in [0, 0.05) is 58.0 Å². The quantitative estimate of drug-likeness (QED) is 0.769. The molecule has 0 amide bonds. The summed E-state index contributed by atoms with van der Waals surface area (Å²) in [6.07, 6.45) is 0. The van der Waals surface area contributed by atoms with Crippen LogP contribution < -0.4 is 5.32 Å². The van der Waals surface area contributed by atoms with Crippen LogP contribution in [0.25, 0.3) is 0 Å². The van der Waals surface area contributed by atoms with Crippen LogP contribution in [0, 0.1) is 0 Å². The first-order chi connectivity index (χ1) is 8.43. The Morgan fingerprint density at radius 2 is 1.78 bits per heavy atom. The normalized spacial score (nSPS) is 21.2. The average Bonchev–Trinajstić information content (AvgIpc) is 2.29. The molecule has 0 saturated carbocycles. The molecule has 1 aliphatic heterocycles. The van der Waals surface area contributed by atoms with Crippen molar-refractivity contribution in [2.75, 3.05) is 53.0 Å². The second kappa shape index (κ2) is 7.43. The van der Waals surface area contributed by atoms with E-state index in [2.05, 4.69) is 42.8 Å². The predicted molar refractivity (Wildman–Crippen MR) is 77.1 cm³/mol. The highest BCUT2D eigenvalue weighted by Crippen LogP contribution is 2.15. The van der Waals surface area contributed by atoms with Crippen LogP contribution in [0.2, 0.25) is 0 Å². The van der Waals surface area contributed by atoms with Gasteiger partial charge in [-0.3, -0.25) is 9.80 Å². The third-order valence-electron chi connectivity index (χ3n) is 3.66. The molecule has 1 unspecified atom stereocenters. The molecule has 1 aliphatic rings. The van der Waals surface area contributed by atoms with Crippen molar-refractivity contribution in [1.82, 2.24) is 15.1 Å². The second-order valence-corrected chi connectivity index (χ2v) is 6.31. The van der Waals surface area contributed by atoms with Crippen molar-refractivity contribution < 1.29 is 4.74 Å². The van der Waals surface area contributed by atoms with Crippen molar-refractivity contribution in [2.45, 2.75) is 39.3 Å². The number of nitrogens with one attached hydrogen (secondary N) is 1. The molecule has 4 heteroatoms. The van der Waals surface area contributed by atoms with E-state index in [0.29, 0.717) is 11.6 Å². The van der Waals surface area contributed by atoms with Gasteiger partial charge in [0.2, 0.25) is 0 Å². The number of ether oxygens (including phenoxy) is 1. The van der Waals surface area contributed by atoms with Crippen LogP contribution in [-0.4, -0.2) is 74.4 Å². The summed E-state index contributed by atoms with van der Waals surface area (Å²) in [4.78, 5) is 5.12. The van der Waals surface area contributed by atoms with E-state index in [9.17, 15) is 0 Å². The maximum Gasteiger partial charge on any atom is 0.0613 e. The van der Waals surface area contributed by atoms with E-state index in [1.54, 1.807) is 7.11 Å². The highest BCUT2D eigenvalue weighted by atomic mass is 16.5. The van der Waals surface area contributed by atoms with Crippen molar-refractivity contribution in [2.24, 2.45) is 0 Å². The molecule has 0 spiro atoms. The van der Waals surface area contributed by atoms with Gasteiger partial charge in [-0.25, -0.2) is 0 Å². The van der Waals surface area contributed by atoms with E-state index in [0.717, 1.165) is 19.7 Å². The fourth-order valence-electron chi connectivity index (χ4n) is 2.42. The topological polar surface area (TPSA) is 27.7 Å². The first-order valence-electron chi connectivity index (χ1n) is 7.13. The number of nitrogens with zero attached hydrogens (tertiary/aromatic N) is 2. The number of piperazine rings is 1. The third-order valence-corrected chi connectivity index (χ3v) is 3.66. The average molecular weight is 257 g/mol. The SMILES string of the molecule is COCC(C)NCCN1CCN(C(C)(C)C)CC1. The lowest BCUT2D eigenvalue weighted by molar-refractivity contribution is 0.0620. The first-order valence-corrected chi connectivity index (χ1v) is 7.13. The van der Waals surface area contributed by atoms with Gasteiger partial charge in [-0.05, 0) is 27.7 Å². The Labute approximate surface area is 113 Å². The molecule has 0 aliphatic carbocycles. The molecule has 18 heavy (non-hydrogen) atoms. The minimum Gasteiger partial charge on any atom is -0.383 e. The van der Waals surface area contributed by atoms with Crippen molar-refractivity contribution in [3.63, 3.8) is 0 Å². The minimum absolute atomic E-state index is 0.317. The molecule has 0 bridgehead atoms. The molecule has 0 aromatic heterocycles. The van der Waals surface area contributed by atoms with E-state index < -0.39 is 0 Å². The second-order valence-electron chi connectivity index (χ2n) is 6.31. The van der Waals surface area contributed by atoms with E-state index in [-0.39, 0.29) is 0 Å². The molecular weight excluding hydrogens is 226 g/mol. The minimum atomic E-state index is 0.317. The summed E-state index contributed by atoms with van der Waals surface area (Å²) in [5.41, 5.74) is 0.317. The zero-order valence-corrected chi connectivity index (χ0v) is 12.8. The Morgan fingerprint density at radius 1 is 1.17 bits per heavy atom. The maximum atomic E-state index is 5.11. The van der Waals surface area contributed by atoms with Crippen molar-refractivity contribution in [3.05, 3.63) is 0 Å². The smallest absolute Gasteiger partial charge is 0.0613 e. The highest BCUT2D eigenvalue weighted by Gasteiger charge is 2.25. The van der Waals surface area contributed by atoms with Crippen LogP contribution in [0.15, 0.2) is 0 Å². The zero-order chi connectivity index (χ0) is 13.6. The van der Waals surface area contributed by atoms with E-state index in [1.807, 2.05) is 0 Å². The molecule has 1 N–H and O–H groups in total. The molecule has 1 fully saturated rings. The van der Waals surface area contributed by atoms with Gasteiger partial charge in [0.05, 0.1) is 6.61 Å². The van der Waals surface area contributed by atoms with Gasteiger partial charge in [-0.1, -0.05) is 0 Å². The zero-order valence-electron chi connectivity index (χ0n) is 12.8. The molecule has 1 heterocycles. The predicted octanol–water partition coefficient (Wildman–Crippen LogP) is 1.03. The third kappa shape index (κ3) is 5.65. The Balaban J connectivity index is 2.13.